The number of aromatic nitrogens is 6. The Morgan fingerprint density at radius 1 is 0.724 bits per heavy atom. The van der Waals surface area contributed by atoms with Gasteiger partial charge in [-0.1, -0.05) is 48.5 Å². The van der Waals surface area contributed by atoms with Crippen molar-refractivity contribution in [3.8, 4) is 33.6 Å². The molecular formula is C41H48N10O7. The molecule has 5 N–H and O–H groups in total. The molecule has 304 valence electrons. The van der Waals surface area contributed by atoms with Crippen molar-refractivity contribution >= 4 is 24.0 Å². The number of carbonyl (C=O) groups is 4. The van der Waals surface area contributed by atoms with Crippen LogP contribution in [0.2, 0.25) is 0 Å². The van der Waals surface area contributed by atoms with E-state index in [0.717, 1.165) is 59.3 Å². The van der Waals surface area contributed by atoms with E-state index in [-0.39, 0.29) is 30.3 Å². The van der Waals surface area contributed by atoms with E-state index < -0.39 is 30.4 Å². The number of methoxy groups -OCH3 is 3. The summed E-state index contributed by atoms with van der Waals surface area (Å²) in [7, 11) is 4.02. The Kier molecular flexibility index (Phi) is 12.2. The lowest BCUT2D eigenvalue weighted by atomic mass is 10.0. The number of nitrogens with zero attached hydrogens (tertiary/aromatic N) is 5. The van der Waals surface area contributed by atoms with E-state index >= 15 is 0 Å². The smallest absolute Gasteiger partial charge is 0.407 e. The van der Waals surface area contributed by atoms with Crippen LogP contribution in [-0.4, -0.2) is 116 Å². The molecule has 17 nitrogen and oxygen atoms in total. The van der Waals surface area contributed by atoms with E-state index in [1.165, 1.54) is 27.7 Å². The monoisotopic (exact) mass is 792 g/mol. The predicted molar refractivity (Wildman–Crippen MR) is 212 cm³/mol. The number of alkyl carbamates (subject to hydrolysis) is 2. The highest BCUT2D eigenvalue weighted by Gasteiger charge is 2.39. The minimum Gasteiger partial charge on any atom is -0.453 e. The first-order valence-electron chi connectivity index (χ1n) is 19.3. The quantitative estimate of drug-likeness (QED) is 0.109. The number of aromatic amines is 3. The summed E-state index contributed by atoms with van der Waals surface area (Å²) in [6, 6.07) is 14.1. The summed E-state index contributed by atoms with van der Waals surface area (Å²) in [5, 5.41) is 5.29. The molecule has 3 aromatic heterocycles. The number of hydrogen-bond acceptors (Lipinski definition) is 10. The molecule has 2 fully saturated rings. The van der Waals surface area contributed by atoms with Crippen molar-refractivity contribution < 1.29 is 33.4 Å². The highest BCUT2D eigenvalue weighted by atomic mass is 16.5. The third-order valence-corrected chi connectivity index (χ3v) is 10.9. The van der Waals surface area contributed by atoms with Gasteiger partial charge in [-0.15, -0.1) is 0 Å². The topological polar surface area (TPSA) is 213 Å². The van der Waals surface area contributed by atoms with Crippen LogP contribution in [0.15, 0.2) is 73.4 Å². The average molecular weight is 793 g/mol. The summed E-state index contributed by atoms with van der Waals surface area (Å²) in [4.78, 5) is 78.3. The van der Waals surface area contributed by atoms with Gasteiger partial charge in [0.2, 0.25) is 11.8 Å². The zero-order valence-electron chi connectivity index (χ0n) is 32.9. The van der Waals surface area contributed by atoms with Crippen molar-refractivity contribution in [1.82, 2.24) is 50.3 Å². The molecule has 0 aliphatic carbocycles. The molecule has 2 saturated heterocycles. The number of H-pyrrole nitrogens is 3. The lowest BCUT2D eigenvalue weighted by Gasteiger charge is -2.30. The lowest BCUT2D eigenvalue weighted by Crippen LogP contribution is -2.54. The molecular weight excluding hydrogens is 745 g/mol. The Balaban J connectivity index is 0.999. The molecule has 0 saturated carbocycles. The molecule has 17 heteroatoms. The highest BCUT2D eigenvalue weighted by Crippen LogP contribution is 2.35. The van der Waals surface area contributed by atoms with Gasteiger partial charge in [-0.25, -0.2) is 24.5 Å². The van der Waals surface area contributed by atoms with Crippen molar-refractivity contribution in [2.75, 3.05) is 34.4 Å². The first-order valence-corrected chi connectivity index (χ1v) is 19.3. The van der Waals surface area contributed by atoms with Crippen LogP contribution in [0.3, 0.4) is 0 Å². The summed E-state index contributed by atoms with van der Waals surface area (Å²) in [5.74, 6) is 0.897. The van der Waals surface area contributed by atoms with E-state index in [0.29, 0.717) is 30.4 Å². The summed E-state index contributed by atoms with van der Waals surface area (Å²) < 4.78 is 14.9. The van der Waals surface area contributed by atoms with Gasteiger partial charge in [0, 0.05) is 32.8 Å². The second-order valence-corrected chi connectivity index (χ2v) is 14.4. The van der Waals surface area contributed by atoms with Gasteiger partial charge in [-0.3, -0.25) is 9.59 Å². The SMILES string of the molecule is COC(=O)NC(C(=O)N1CCC[C@H]1c1ncc(-c2ccc(-c3ccc(-c4cnc([C@@H]5CCCN5C(=O)[C@H](Cc5c[nH]cn5)NC(=O)OC)[nH]4)cc3)cc2)[nH]1)[C@@H](C)OC. The van der Waals surface area contributed by atoms with Gasteiger partial charge in [-0.2, -0.15) is 0 Å². The number of likely N-dealkylation sites (tertiary alicyclic amines) is 2. The fourth-order valence-electron chi connectivity index (χ4n) is 7.71. The van der Waals surface area contributed by atoms with Crippen molar-refractivity contribution in [2.45, 2.75) is 69.3 Å². The van der Waals surface area contributed by atoms with Crippen LogP contribution in [0.25, 0.3) is 33.6 Å². The molecule has 0 spiro atoms. The van der Waals surface area contributed by atoms with Gasteiger partial charge in [0.1, 0.15) is 23.7 Å². The summed E-state index contributed by atoms with van der Waals surface area (Å²) in [6.07, 6.45) is 8.17. The van der Waals surface area contributed by atoms with E-state index in [4.69, 9.17) is 14.2 Å². The van der Waals surface area contributed by atoms with Gasteiger partial charge in [0.15, 0.2) is 0 Å². The predicted octanol–water partition coefficient (Wildman–Crippen LogP) is 4.91. The minimum absolute atomic E-state index is 0.220. The normalized spacial score (nSPS) is 18.1. The van der Waals surface area contributed by atoms with Crippen LogP contribution >= 0.6 is 0 Å². The maximum Gasteiger partial charge on any atom is 0.407 e. The number of ether oxygens (including phenoxy) is 3. The Morgan fingerprint density at radius 2 is 1.22 bits per heavy atom. The largest absolute Gasteiger partial charge is 0.453 e. The molecule has 7 rings (SSSR count). The molecule has 1 unspecified atom stereocenters. The summed E-state index contributed by atoms with van der Waals surface area (Å²) in [5.41, 5.74) is 6.29. The number of amides is 4. The molecule has 2 aliphatic heterocycles. The number of rotatable bonds is 13. The van der Waals surface area contributed by atoms with E-state index in [1.54, 1.807) is 35.3 Å². The second kappa shape index (κ2) is 17.8. The Hall–Kier alpha value is -6.49. The van der Waals surface area contributed by atoms with Crippen molar-refractivity contribution in [2.24, 2.45) is 0 Å². The maximum atomic E-state index is 13.8. The first-order chi connectivity index (χ1) is 28.2. The molecule has 0 radical (unpaired) electrons. The molecule has 0 bridgehead atoms. The van der Waals surface area contributed by atoms with E-state index in [9.17, 15) is 19.2 Å². The zero-order valence-corrected chi connectivity index (χ0v) is 32.9. The number of nitrogens with one attached hydrogen (secondary N) is 5. The van der Waals surface area contributed by atoms with Crippen molar-refractivity contribution in [3.05, 3.63) is 90.8 Å². The Bertz CT molecular complexity index is 2180. The van der Waals surface area contributed by atoms with E-state index in [1.807, 2.05) is 24.3 Å². The molecule has 5 atom stereocenters. The zero-order chi connectivity index (χ0) is 40.8. The average Bonchev–Trinajstić information content (AvgIpc) is 4.11. The van der Waals surface area contributed by atoms with Crippen LogP contribution in [0, 0.1) is 0 Å². The Labute approximate surface area is 335 Å². The van der Waals surface area contributed by atoms with Gasteiger partial charge in [-0.05, 0) is 54.9 Å². The molecule has 58 heavy (non-hydrogen) atoms. The third-order valence-electron chi connectivity index (χ3n) is 10.9. The van der Waals surface area contributed by atoms with Crippen LogP contribution in [0.4, 0.5) is 9.59 Å². The maximum absolute atomic E-state index is 13.8. The number of carbonyl (C=O) groups excluding carboxylic acids is 4. The van der Waals surface area contributed by atoms with Gasteiger partial charge in [0.05, 0.1) is 68.2 Å². The molecule has 5 aromatic rings. The number of benzene rings is 2. The summed E-state index contributed by atoms with van der Waals surface area (Å²) >= 11 is 0. The standard InChI is InChI=1S/C41H48N10O7/c1-24(56-2)35(49-41(55)58-4)39(53)51-18-6-8-34(51)37-44-22-32(47-37)28-15-11-26(12-16-28)25-9-13-27(14-10-25)31-21-43-36(46-31)33-7-5-17-50(33)38(52)30(48-40(54)57-3)19-29-20-42-23-45-29/h9-16,20-24,30,33-35H,5-8,17-19H2,1-4H3,(H,42,45)(H,43,46)(H,44,47)(H,48,54)(H,49,55)/t24-,30+,33+,34+,35?/m1/s1. The van der Waals surface area contributed by atoms with Crippen LogP contribution in [-0.2, 0) is 30.2 Å². The van der Waals surface area contributed by atoms with Gasteiger partial charge < -0.3 is 49.6 Å². The fourth-order valence-corrected chi connectivity index (χ4v) is 7.71. The lowest BCUT2D eigenvalue weighted by molar-refractivity contribution is -0.137. The van der Waals surface area contributed by atoms with Crippen LogP contribution < -0.4 is 10.6 Å². The van der Waals surface area contributed by atoms with E-state index in [2.05, 4.69) is 64.8 Å². The Morgan fingerprint density at radius 3 is 1.71 bits per heavy atom. The molecule has 4 amide bonds. The number of imidazole rings is 3. The van der Waals surface area contributed by atoms with Crippen molar-refractivity contribution in [3.63, 3.8) is 0 Å². The van der Waals surface area contributed by atoms with Gasteiger partial charge in [0.25, 0.3) is 0 Å². The van der Waals surface area contributed by atoms with Crippen LogP contribution in [0.5, 0.6) is 0 Å². The highest BCUT2D eigenvalue weighted by molar-refractivity contribution is 5.87. The fraction of sp³-hybridized carbons (Fsp3) is 0.390. The molecule has 5 heterocycles. The van der Waals surface area contributed by atoms with Crippen LogP contribution in [0.1, 0.15) is 62.0 Å². The minimum atomic E-state index is -0.900. The van der Waals surface area contributed by atoms with Crippen molar-refractivity contribution in [1.29, 1.82) is 0 Å². The first kappa shape index (κ1) is 39.7. The molecule has 2 aromatic carbocycles. The number of hydrogen-bond donors (Lipinski definition) is 5. The summed E-state index contributed by atoms with van der Waals surface area (Å²) in [6.45, 7) is 2.81. The molecule has 2 aliphatic rings. The third kappa shape index (κ3) is 8.58. The van der Waals surface area contributed by atoms with Gasteiger partial charge >= 0.3 is 12.2 Å². The second-order valence-electron chi connectivity index (χ2n) is 14.4.